The lowest BCUT2D eigenvalue weighted by Gasteiger charge is -1.96. The predicted molar refractivity (Wildman–Crippen MR) is 47.4 cm³/mol. The Hall–Kier alpha value is -2.02. The van der Waals surface area contributed by atoms with E-state index >= 15 is 0 Å². The quantitative estimate of drug-likeness (QED) is 0.709. The van der Waals surface area contributed by atoms with Gasteiger partial charge < -0.3 is 9.72 Å². The largest absolute Gasteiger partial charge is 0.481 e. The van der Waals surface area contributed by atoms with Crippen molar-refractivity contribution in [3.63, 3.8) is 0 Å². The van der Waals surface area contributed by atoms with Crippen LogP contribution in [-0.4, -0.2) is 17.1 Å². The summed E-state index contributed by atoms with van der Waals surface area (Å²) in [6.45, 7) is 0. The maximum absolute atomic E-state index is 8.72. The molecule has 1 N–H and O–H groups in total. The Labute approximate surface area is 74.8 Å². The van der Waals surface area contributed by atoms with Crippen LogP contribution < -0.4 is 4.74 Å². The van der Waals surface area contributed by atoms with Crippen LogP contribution in [0.25, 0.3) is 10.9 Å². The fraction of sp³-hybridized carbons (Fsp3) is 0.111. The topological polar surface area (TPSA) is 61.7 Å². The van der Waals surface area contributed by atoms with Crippen molar-refractivity contribution in [2.24, 2.45) is 0 Å². The van der Waals surface area contributed by atoms with Crippen LogP contribution in [0.5, 0.6) is 5.88 Å². The standard InChI is InChI=1S/C9H7N3O/c1-13-9-2-8-7(5-12-9)6(3-10)4-11-8/h2,4-5,11H,1H3. The lowest BCUT2D eigenvalue weighted by atomic mass is 10.2. The first-order chi connectivity index (χ1) is 6.35. The second-order valence-corrected chi connectivity index (χ2v) is 2.59. The zero-order chi connectivity index (χ0) is 9.26. The van der Waals surface area contributed by atoms with E-state index in [-0.39, 0.29) is 0 Å². The number of fused-ring (bicyclic) bond motifs is 1. The average molecular weight is 173 g/mol. The summed E-state index contributed by atoms with van der Waals surface area (Å²) in [5, 5.41) is 9.54. The van der Waals surface area contributed by atoms with Crippen LogP contribution >= 0.6 is 0 Å². The molecule has 4 nitrogen and oxygen atoms in total. The SMILES string of the molecule is COc1cc2[nH]cc(C#N)c2cn1. The maximum Gasteiger partial charge on any atom is 0.215 e. The van der Waals surface area contributed by atoms with Gasteiger partial charge in [-0.2, -0.15) is 5.26 Å². The molecule has 0 aliphatic rings. The van der Waals surface area contributed by atoms with Gasteiger partial charge in [-0.15, -0.1) is 0 Å². The van der Waals surface area contributed by atoms with Crippen LogP contribution in [0.1, 0.15) is 5.56 Å². The minimum atomic E-state index is 0.541. The third-order valence-electron chi connectivity index (χ3n) is 1.87. The molecule has 0 spiro atoms. The Morgan fingerprint density at radius 2 is 2.46 bits per heavy atom. The average Bonchev–Trinajstić information content (AvgIpc) is 2.59. The van der Waals surface area contributed by atoms with Crippen molar-refractivity contribution < 1.29 is 4.74 Å². The fourth-order valence-corrected chi connectivity index (χ4v) is 1.20. The number of pyridine rings is 1. The number of nitrogens with zero attached hydrogens (tertiary/aromatic N) is 2. The minimum Gasteiger partial charge on any atom is -0.481 e. The molecule has 0 bridgehead atoms. The molecule has 0 saturated carbocycles. The Morgan fingerprint density at radius 3 is 3.15 bits per heavy atom. The van der Waals surface area contributed by atoms with Gasteiger partial charge in [-0.05, 0) is 0 Å². The fourth-order valence-electron chi connectivity index (χ4n) is 1.20. The van der Waals surface area contributed by atoms with E-state index < -0.39 is 0 Å². The van der Waals surface area contributed by atoms with Crippen molar-refractivity contribution >= 4 is 10.9 Å². The van der Waals surface area contributed by atoms with E-state index in [1.165, 1.54) is 0 Å². The molecular weight excluding hydrogens is 166 g/mol. The Kier molecular flexibility index (Phi) is 1.64. The third-order valence-corrected chi connectivity index (χ3v) is 1.87. The molecule has 0 fully saturated rings. The first kappa shape index (κ1) is 7.62. The number of rotatable bonds is 1. The van der Waals surface area contributed by atoms with E-state index in [9.17, 15) is 0 Å². The van der Waals surface area contributed by atoms with E-state index in [0.717, 1.165) is 10.9 Å². The third kappa shape index (κ3) is 1.11. The Bertz CT molecular complexity index is 481. The van der Waals surface area contributed by atoms with E-state index in [1.807, 2.05) is 0 Å². The van der Waals surface area contributed by atoms with Gasteiger partial charge in [-0.25, -0.2) is 4.98 Å². The van der Waals surface area contributed by atoms with E-state index in [2.05, 4.69) is 16.0 Å². The van der Waals surface area contributed by atoms with Crippen molar-refractivity contribution in [2.75, 3.05) is 7.11 Å². The molecule has 13 heavy (non-hydrogen) atoms. The summed E-state index contributed by atoms with van der Waals surface area (Å²) in [5.74, 6) is 0.541. The highest BCUT2D eigenvalue weighted by atomic mass is 16.5. The summed E-state index contributed by atoms with van der Waals surface area (Å²) < 4.78 is 4.95. The number of ether oxygens (including phenoxy) is 1. The molecule has 2 rings (SSSR count). The van der Waals surface area contributed by atoms with Gasteiger partial charge in [0.1, 0.15) is 6.07 Å². The molecule has 0 aromatic carbocycles. The number of methoxy groups -OCH3 is 1. The lowest BCUT2D eigenvalue weighted by molar-refractivity contribution is 0.398. The van der Waals surface area contributed by atoms with E-state index in [1.54, 1.807) is 25.6 Å². The van der Waals surface area contributed by atoms with Gasteiger partial charge in [0.2, 0.25) is 5.88 Å². The monoisotopic (exact) mass is 173 g/mol. The molecule has 2 aromatic rings. The molecule has 0 saturated heterocycles. The maximum atomic E-state index is 8.72. The Balaban J connectivity index is 2.70. The molecule has 0 atom stereocenters. The second-order valence-electron chi connectivity index (χ2n) is 2.59. The molecule has 4 heteroatoms. The molecule has 64 valence electrons. The zero-order valence-electron chi connectivity index (χ0n) is 7.03. The van der Waals surface area contributed by atoms with Gasteiger partial charge in [0.05, 0.1) is 18.2 Å². The highest BCUT2D eigenvalue weighted by Crippen LogP contribution is 2.19. The normalized spacial score (nSPS) is 9.85. The van der Waals surface area contributed by atoms with E-state index in [4.69, 9.17) is 10.00 Å². The van der Waals surface area contributed by atoms with Gasteiger partial charge in [0, 0.05) is 23.8 Å². The molecule has 0 aliphatic heterocycles. The van der Waals surface area contributed by atoms with Crippen LogP contribution in [0, 0.1) is 11.3 Å². The summed E-state index contributed by atoms with van der Waals surface area (Å²) in [6.07, 6.45) is 3.29. The van der Waals surface area contributed by atoms with Crippen LogP contribution in [-0.2, 0) is 0 Å². The van der Waals surface area contributed by atoms with Crippen molar-refractivity contribution in [1.82, 2.24) is 9.97 Å². The number of aromatic nitrogens is 2. The Morgan fingerprint density at radius 1 is 1.62 bits per heavy atom. The first-order valence-corrected chi connectivity index (χ1v) is 3.76. The van der Waals surface area contributed by atoms with Gasteiger partial charge in [0.25, 0.3) is 0 Å². The van der Waals surface area contributed by atoms with Crippen molar-refractivity contribution in [2.45, 2.75) is 0 Å². The molecule has 0 radical (unpaired) electrons. The van der Waals surface area contributed by atoms with Crippen molar-refractivity contribution in [3.8, 4) is 11.9 Å². The number of H-pyrrole nitrogens is 1. The van der Waals surface area contributed by atoms with Crippen LogP contribution in [0.3, 0.4) is 0 Å². The lowest BCUT2D eigenvalue weighted by Crippen LogP contribution is -1.85. The molecule has 2 heterocycles. The molecule has 0 aliphatic carbocycles. The summed E-state index contributed by atoms with van der Waals surface area (Å²) in [5.41, 5.74) is 1.47. The number of hydrogen-bond donors (Lipinski definition) is 1. The van der Waals surface area contributed by atoms with Gasteiger partial charge in [0.15, 0.2) is 0 Å². The summed E-state index contributed by atoms with van der Waals surface area (Å²) >= 11 is 0. The van der Waals surface area contributed by atoms with Gasteiger partial charge in [-0.3, -0.25) is 0 Å². The summed E-state index contributed by atoms with van der Waals surface area (Å²) in [7, 11) is 1.56. The van der Waals surface area contributed by atoms with Crippen LogP contribution in [0.2, 0.25) is 0 Å². The minimum absolute atomic E-state index is 0.541. The van der Waals surface area contributed by atoms with E-state index in [0.29, 0.717) is 11.4 Å². The number of hydrogen-bond acceptors (Lipinski definition) is 3. The zero-order valence-corrected chi connectivity index (χ0v) is 7.03. The number of nitrogens with one attached hydrogen (secondary N) is 1. The van der Waals surface area contributed by atoms with Gasteiger partial charge >= 0.3 is 0 Å². The highest BCUT2D eigenvalue weighted by molar-refractivity contribution is 5.85. The molecule has 0 unspecified atom stereocenters. The van der Waals surface area contributed by atoms with Crippen molar-refractivity contribution in [1.29, 1.82) is 5.26 Å². The first-order valence-electron chi connectivity index (χ1n) is 3.76. The summed E-state index contributed by atoms with van der Waals surface area (Å²) in [4.78, 5) is 6.98. The smallest absolute Gasteiger partial charge is 0.215 e. The molecular formula is C9H7N3O. The van der Waals surface area contributed by atoms with Gasteiger partial charge in [-0.1, -0.05) is 0 Å². The summed E-state index contributed by atoms with van der Waals surface area (Å²) in [6, 6.07) is 3.84. The van der Waals surface area contributed by atoms with Crippen LogP contribution in [0.4, 0.5) is 0 Å². The van der Waals surface area contributed by atoms with Crippen LogP contribution in [0.15, 0.2) is 18.5 Å². The second kappa shape index (κ2) is 2.79. The molecule has 2 aromatic heterocycles. The number of aromatic amines is 1. The number of nitriles is 1. The predicted octanol–water partition coefficient (Wildman–Crippen LogP) is 1.44. The highest BCUT2D eigenvalue weighted by Gasteiger charge is 2.03. The van der Waals surface area contributed by atoms with Crippen molar-refractivity contribution in [3.05, 3.63) is 24.0 Å². The molecule has 0 amide bonds.